The lowest BCUT2D eigenvalue weighted by Gasteiger charge is -2.08. The molecule has 8 heteroatoms. The quantitative estimate of drug-likeness (QED) is 0.569. The molecule has 7 nitrogen and oxygen atoms in total. The standard InChI is InChI=1S/C18H22N2O5S/c1-11-5-6-12(2)17(9-11)26(23,24)20-19-13(3)16-10-15(25-14(16)4)7-8-18(21)22/h5-6,9-10,20H,7-8H2,1-4H3,(H,21,22)/b19-13-. The summed E-state index contributed by atoms with van der Waals surface area (Å²) in [5, 5.41) is 12.7. The van der Waals surface area contributed by atoms with Crippen molar-refractivity contribution in [1.82, 2.24) is 4.83 Å². The number of nitrogens with zero attached hydrogens (tertiary/aromatic N) is 1. The van der Waals surface area contributed by atoms with Crippen molar-refractivity contribution in [2.45, 2.75) is 45.4 Å². The predicted molar refractivity (Wildman–Crippen MR) is 97.9 cm³/mol. The first-order valence-electron chi connectivity index (χ1n) is 8.05. The molecule has 0 saturated heterocycles. The van der Waals surface area contributed by atoms with Gasteiger partial charge in [0.2, 0.25) is 0 Å². The van der Waals surface area contributed by atoms with Crippen molar-refractivity contribution in [1.29, 1.82) is 0 Å². The Balaban J connectivity index is 2.22. The number of aryl methyl sites for hydroxylation is 4. The largest absolute Gasteiger partial charge is 0.481 e. The first-order valence-corrected chi connectivity index (χ1v) is 9.53. The Morgan fingerprint density at radius 1 is 1.23 bits per heavy atom. The van der Waals surface area contributed by atoms with Crippen LogP contribution in [-0.2, 0) is 21.2 Å². The van der Waals surface area contributed by atoms with Gasteiger partial charge in [0.05, 0.1) is 17.0 Å². The molecule has 26 heavy (non-hydrogen) atoms. The molecule has 0 unspecified atom stereocenters. The van der Waals surface area contributed by atoms with Gasteiger partial charge >= 0.3 is 5.97 Å². The summed E-state index contributed by atoms with van der Waals surface area (Å²) in [4.78, 5) is 13.1. The minimum Gasteiger partial charge on any atom is -0.481 e. The molecule has 0 aliphatic carbocycles. The highest BCUT2D eigenvalue weighted by Gasteiger charge is 2.17. The number of hydrogen-bond donors (Lipinski definition) is 2. The average molecular weight is 378 g/mol. The van der Waals surface area contributed by atoms with Crippen LogP contribution in [-0.4, -0.2) is 25.2 Å². The molecule has 0 spiro atoms. The molecule has 0 aliphatic rings. The van der Waals surface area contributed by atoms with E-state index in [4.69, 9.17) is 9.52 Å². The highest BCUT2D eigenvalue weighted by atomic mass is 32.2. The number of carbonyl (C=O) groups is 1. The third-order valence-corrected chi connectivity index (χ3v) is 5.26. The summed E-state index contributed by atoms with van der Waals surface area (Å²) in [6.45, 7) is 6.92. The second-order valence-corrected chi connectivity index (χ2v) is 7.77. The van der Waals surface area contributed by atoms with E-state index in [1.54, 1.807) is 39.0 Å². The van der Waals surface area contributed by atoms with Gasteiger partial charge in [0.15, 0.2) is 0 Å². The summed E-state index contributed by atoms with van der Waals surface area (Å²) in [5.74, 6) is 0.164. The summed E-state index contributed by atoms with van der Waals surface area (Å²) in [6, 6.07) is 6.87. The molecule has 0 amide bonds. The van der Waals surface area contributed by atoms with E-state index in [1.807, 2.05) is 13.0 Å². The first-order chi connectivity index (χ1) is 12.1. The van der Waals surface area contributed by atoms with E-state index in [0.717, 1.165) is 5.56 Å². The molecule has 0 aliphatic heterocycles. The van der Waals surface area contributed by atoms with Gasteiger partial charge in [0, 0.05) is 12.0 Å². The minimum absolute atomic E-state index is 0.0398. The van der Waals surface area contributed by atoms with Gasteiger partial charge in [-0.25, -0.2) is 0 Å². The number of nitrogens with one attached hydrogen (secondary N) is 1. The van der Waals surface area contributed by atoms with Crippen molar-refractivity contribution in [2.24, 2.45) is 5.10 Å². The van der Waals surface area contributed by atoms with Crippen LogP contribution in [0.15, 0.2) is 38.7 Å². The number of sulfonamides is 1. The molecule has 2 rings (SSSR count). The van der Waals surface area contributed by atoms with Crippen LogP contribution in [0.3, 0.4) is 0 Å². The summed E-state index contributed by atoms with van der Waals surface area (Å²) in [6.07, 6.45) is 0.222. The number of carboxylic acid groups (broad SMARTS) is 1. The van der Waals surface area contributed by atoms with E-state index in [2.05, 4.69) is 9.93 Å². The third-order valence-electron chi connectivity index (χ3n) is 3.91. The molecule has 2 N–H and O–H groups in total. The van der Waals surface area contributed by atoms with Gasteiger partial charge in [-0.3, -0.25) is 4.79 Å². The first kappa shape index (κ1) is 19.7. The van der Waals surface area contributed by atoms with Crippen molar-refractivity contribution in [3.05, 3.63) is 52.5 Å². The highest BCUT2D eigenvalue weighted by Crippen LogP contribution is 2.19. The zero-order valence-electron chi connectivity index (χ0n) is 15.2. The fraction of sp³-hybridized carbons (Fsp3) is 0.333. The van der Waals surface area contributed by atoms with Gasteiger partial charge in [-0.1, -0.05) is 12.1 Å². The van der Waals surface area contributed by atoms with Crippen LogP contribution in [0.1, 0.15) is 41.6 Å². The lowest BCUT2D eigenvalue weighted by atomic mass is 10.1. The number of benzene rings is 1. The van der Waals surface area contributed by atoms with Crippen LogP contribution in [0.5, 0.6) is 0 Å². The average Bonchev–Trinajstić information content (AvgIpc) is 2.94. The summed E-state index contributed by atoms with van der Waals surface area (Å²) in [5.41, 5.74) is 2.53. The smallest absolute Gasteiger partial charge is 0.303 e. The Morgan fingerprint density at radius 2 is 1.92 bits per heavy atom. The van der Waals surface area contributed by atoms with Crippen LogP contribution in [0.4, 0.5) is 0 Å². The van der Waals surface area contributed by atoms with Crippen LogP contribution in [0.25, 0.3) is 0 Å². The lowest BCUT2D eigenvalue weighted by Crippen LogP contribution is -2.21. The number of rotatable bonds is 7. The summed E-state index contributed by atoms with van der Waals surface area (Å²) in [7, 11) is -3.79. The molecule has 1 aromatic carbocycles. The van der Waals surface area contributed by atoms with Gasteiger partial charge in [-0.2, -0.15) is 18.4 Å². The van der Waals surface area contributed by atoms with E-state index in [1.165, 1.54) is 0 Å². The molecule has 1 aromatic heterocycles. The fourth-order valence-electron chi connectivity index (χ4n) is 2.49. The fourth-order valence-corrected chi connectivity index (χ4v) is 3.68. The Morgan fingerprint density at radius 3 is 2.58 bits per heavy atom. The van der Waals surface area contributed by atoms with Gasteiger partial charge in [-0.05, 0) is 51.0 Å². The Hall–Kier alpha value is -2.61. The molecule has 0 radical (unpaired) electrons. The summed E-state index contributed by atoms with van der Waals surface area (Å²) < 4.78 is 30.5. The van der Waals surface area contributed by atoms with Crippen LogP contribution in [0, 0.1) is 20.8 Å². The molecular weight excluding hydrogens is 356 g/mol. The van der Waals surface area contributed by atoms with Crippen LogP contribution >= 0.6 is 0 Å². The van der Waals surface area contributed by atoms with Crippen molar-refractivity contribution in [3.8, 4) is 0 Å². The topological polar surface area (TPSA) is 109 Å². The molecule has 0 saturated carbocycles. The van der Waals surface area contributed by atoms with Gasteiger partial charge < -0.3 is 9.52 Å². The van der Waals surface area contributed by atoms with E-state index in [9.17, 15) is 13.2 Å². The van der Waals surface area contributed by atoms with Crippen LogP contribution < -0.4 is 4.83 Å². The van der Waals surface area contributed by atoms with Crippen molar-refractivity contribution in [3.63, 3.8) is 0 Å². The molecular formula is C18H22N2O5S. The normalized spacial score (nSPS) is 12.2. The highest BCUT2D eigenvalue weighted by molar-refractivity contribution is 7.89. The number of hydrazone groups is 1. The SMILES string of the molecule is C/C(=N/NS(=O)(=O)c1cc(C)ccc1C)c1cc(CCC(=O)O)oc1C. The number of carboxylic acids is 1. The van der Waals surface area contributed by atoms with Gasteiger partial charge in [-0.15, -0.1) is 0 Å². The predicted octanol–water partition coefficient (Wildman–Crippen LogP) is 2.92. The minimum atomic E-state index is -3.79. The second-order valence-electron chi connectivity index (χ2n) is 6.14. The van der Waals surface area contributed by atoms with Crippen molar-refractivity contribution in [2.75, 3.05) is 0 Å². The maximum absolute atomic E-state index is 12.5. The number of aliphatic carboxylic acids is 1. The van der Waals surface area contributed by atoms with Crippen molar-refractivity contribution < 1.29 is 22.7 Å². The number of hydrogen-bond acceptors (Lipinski definition) is 5. The zero-order valence-corrected chi connectivity index (χ0v) is 16.0. The van der Waals surface area contributed by atoms with E-state index >= 15 is 0 Å². The van der Waals surface area contributed by atoms with Crippen molar-refractivity contribution >= 4 is 21.7 Å². The molecule has 1 heterocycles. The lowest BCUT2D eigenvalue weighted by molar-refractivity contribution is -0.137. The maximum atomic E-state index is 12.5. The van der Waals surface area contributed by atoms with Crippen LogP contribution in [0.2, 0.25) is 0 Å². The van der Waals surface area contributed by atoms with E-state index in [0.29, 0.717) is 28.4 Å². The van der Waals surface area contributed by atoms with Gasteiger partial charge in [0.1, 0.15) is 11.5 Å². The maximum Gasteiger partial charge on any atom is 0.303 e. The van der Waals surface area contributed by atoms with E-state index < -0.39 is 16.0 Å². The third kappa shape index (κ3) is 4.72. The second kappa shape index (κ2) is 7.74. The Labute approximate surface area is 152 Å². The Kier molecular flexibility index (Phi) is 5.86. The van der Waals surface area contributed by atoms with Gasteiger partial charge in [0.25, 0.3) is 10.0 Å². The number of furan rings is 1. The molecule has 0 bridgehead atoms. The molecule has 140 valence electrons. The zero-order chi connectivity index (χ0) is 19.5. The van der Waals surface area contributed by atoms with E-state index in [-0.39, 0.29) is 17.7 Å². The molecule has 0 fully saturated rings. The molecule has 2 aromatic rings. The summed E-state index contributed by atoms with van der Waals surface area (Å²) >= 11 is 0. The molecule has 0 atom stereocenters. The Bertz CT molecular complexity index is 958. The monoisotopic (exact) mass is 378 g/mol.